The highest BCUT2D eigenvalue weighted by Crippen LogP contribution is 2.35. The Morgan fingerprint density at radius 3 is 2.30 bits per heavy atom. The van der Waals surface area contributed by atoms with Gasteiger partial charge in [-0.05, 0) is 56.2 Å². The molecule has 2 fully saturated rings. The van der Waals surface area contributed by atoms with Gasteiger partial charge < -0.3 is 14.2 Å². The fourth-order valence-electron chi connectivity index (χ4n) is 3.82. The smallest absolute Gasteiger partial charge is 0.417 e. The third kappa shape index (κ3) is 4.80. The highest BCUT2D eigenvalue weighted by Gasteiger charge is 2.40. The lowest BCUT2D eigenvalue weighted by Gasteiger charge is -2.29. The van der Waals surface area contributed by atoms with Crippen molar-refractivity contribution in [2.24, 2.45) is 0 Å². The third-order valence-electron chi connectivity index (χ3n) is 5.28. The van der Waals surface area contributed by atoms with E-state index in [0.29, 0.717) is 5.92 Å². The molecule has 0 N–H and O–H groups in total. The van der Waals surface area contributed by atoms with Gasteiger partial charge in [0.25, 0.3) is 0 Å². The van der Waals surface area contributed by atoms with Gasteiger partial charge in [0.1, 0.15) is 12.0 Å². The molecule has 1 aromatic rings. The Morgan fingerprint density at radius 2 is 1.78 bits per heavy atom. The SMILES string of the molecule is COC1OC(=O)N(c2ccc(C3CCC(OCS(C)(=O)=O)CC3)cc2)C1C. The minimum atomic E-state index is -3.09. The number of carbonyl (C=O) groups excluding carboxylic acids is 1. The largest absolute Gasteiger partial charge is 0.417 e. The van der Waals surface area contributed by atoms with Gasteiger partial charge in [-0.25, -0.2) is 13.2 Å². The van der Waals surface area contributed by atoms with Crippen LogP contribution in [-0.4, -0.2) is 52.3 Å². The van der Waals surface area contributed by atoms with Gasteiger partial charge >= 0.3 is 6.09 Å². The van der Waals surface area contributed by atoms with E-state index in [-0.39, 0.29) is 18.1 Å². The lowest BCUT2D eigenvalue weighted by Crippen LogP contribution is -2.34. The number of cyclic esters (lactones) is 1. The van der Waals surface area contributed by atoms with Gasteiger partial charge in [0.05, 0.1) is 6.10 Å². The van der Waals surface area contributed by atoms with E-state index >= 15 is 0 Å². The quantitative estimate of drug-likeness (QED) is 0.734. The molecule has 8 heteroatoms. The number of nitrogens with zero attached hydrogens (tertiary/aromatic N) is 1. The summed E-state index contributed by atoms with van der Waals surface area (Å²) in [4.78, 5) is 13.7. The van der Waals surface area contributed by atoms with Crippen LogP contribution in [-0.2, 0) is 24.0 Å². The molecule has 1 aromatic carbocycles. The first-order valence-corrected chi connectivity index (χ1v) is 11.3. The number of anilines is 1. The van der Waals surface area contributed by atoms with Crippen molar-refractivity contribution in [2.45, 2.75) is 57.0 Å². The molecule has 27 heavy (non-hydrogen) atoms. The van der Waals surface area contributed by atoms with Crippen LogP contribution in [0.4, 0.5) is 10.5 Å². The first-order chi connectivity index (χ1) is 12.8. The summed E-state index contributed by atoms with van der Waals surface area (Å²) in [6.07, 6.45) is 3.88. The molecule has 0 radical (unpaired) electrons. The van der Waals surface area contributed by atoms with E-state index in [4.69, 9.17) is 14.2 Å². The zero-order valence-electron chi connectivity index (χ0n) is 16.0. The second-order valence-corrected chi connectivity index (χ2v) is 9.46. The summed E-state index contributed by atoms with van der Waals surface area (Å²) >= 11 is 0. The van der Waals surface area contributed by atoms with Gasteiger partial charge in [0, 0.05) is 19.1 Å². The Balaban J connectivity index is 1.58. The molecule has 1 heterocycles. The van der Waals surface area contributed by atoms with E-state index in [1.807, 2.05) is 19.1 Å². The van der Waals surface area contributed by atoms with Crippen LogP contribution < -0.4 is 4.90 Å². The summed E-state index contributed by atoms with van der Waals surface area (Å²) in [6, 6.07) is 7.81. The van der Waals surface area contributed by atoms with Crippen LogP contribution in [0.15, 0.2) is 24.3 Å². The second kappa shape index (κ2) is 8.16. The van der Waals surface area contributed by atoms with E-state index in [1.165, 1.54) is 18.9 Å². The minimum Gasteiger partial charge on any atom is -0.417 e. The van der Waals surface area contributed by atoms with E-state index in [9.17, 15) is 13.2 Å². The topological polar surface area (TPSA) is 82.1 Å². The van der Waals surface area contributed by atoms with Crippen LogP contribution in [0.25, 0.3) is 0 Å². The number of carbonyl (C=O) groups is 1. The predicted octanol–water partition coefficient (Wildman–Crippen LogP) is 3.05. The van der Waals surface area contributed by atoms with Crippen molar-refractivity contribution in [1.82, 2.24) is 0 Å². The molecule has 0 aromatic heterocycles. The van der Waals surface area contributed by atoms with Gasteiger partial charge in [0.2, 0.25) is 6.29 Å². The maximum atomic E-state index is 12.1. The number of methoxy groups -OCH3 is 1. The molecule has 0 spiro atoms. The van der Waals surface area contributed by atoms with Crippen molar-refractivity contribution in [3.05, 3.63) is 29.8 Å². The van der Waals surface area contributed by atoms with Gasteiger partial charge in [0.15, 0.2) is 9.84 Å². The van der Waals surface area contributed by atoms with E-state index in [1.54, 1.807) is 4.90 Å². The number of hydrogen-bond donors (Lipinski definition) is 0. The number of benzene rings is 1. The summed E-state index contributed by atoms with van der Waals surface area (Å²) in [6.45, 7) is 1.89. The lowest BCUT2D eigenvalue weighted by molar-refractivity contribution is -0.0640. The molecule has 1 aliphatic carbocycles. The van der Waals surface area contributed by atoms with Crippen LogP contribution in [0.2, 0.25) is 0 Å². The van der Waals surface area contributed by atoms with Gasteiger partial charge in [-0.1, -0.05) is 12.1 Å². The Morgan fingerprint density at radius 1 is 1.15 bits per heavy atom. The molecule has 3 rings (SSSR count). The third-order valence-corrected chi connectivity index (χ3v) is 5.85. The number of sulfone groups is 1. The monoisotopic (exact) mass is 397 g/mol. The van der Waals surface area contributed by atoms with Crippen LogP contribution >= 0.6 is 0 Å². The average Bonchev–Trinajstić information content (AvgIpc) is 2.93. The molecule has 7 nitrogen and oxygen atoms in total. The fraction of sp³-hybridized carbons (Fsp3) is 0.632. The molecule has 2 atom stereocenters. The normalized spacial score (nSPS) is 29.0. The van der Waals surface area contributed by atoms with Crippen molar-refractivity contribution in [2.75, 3.05) is 24.2 Å². The molecule has 1 saturated carbocycles. The highest BCUT2D eigenvalue weighted by atomic mass is 32.2. The van der Waals surface area contributed by atoms with Crippen LogP contribution in [0, 0.1) is 0 Å². The minimum absolute atomic E-state index is 0.0152. The van der Waals surface area contributed by atoms with Crippen molar-refractivity contribution in [1.29, 1.82) is 0 Å². The van der Waals surface area contributed by atoms with Crippen LogP contribution in [0.3, 0.4) is 0 Å². The maximum Gasteiger partial charge on any atom is 0.417 e. The van der Waals surface area contributed by atoms with Gasteiger partial charge in [-0.3, -0.25) is 4.90 Å². The van der Waals surface area contributed by atoms with E-state index in [2.05, 4.69) is 12.1 Å². The lowest BCUT2D eigenvalue weighted by atomic mass is 9.82. The first kappa shape index (κ1) is 20.1. The van der Waals surface area contributed by atoms with Crippen molar-refractivity contribution >= 4 is 21.6 Å². The molecule has 1 amide bonds. The Bertz CT molecular complexity index is 755. The molecule has 1 aliphatic heterocycles. The van der Waals surface area contributed by atoms with Gasteiger partial charge in [-0.15, -0.1) is 0 Å². The summed E-state index contributed by atoms with van der Waals surface area (Å²) in [5, 5.41) is 0. The number of ether oxygens (including phenoxy) is 3. The predicted molar refractivity (Wildman–Crippen MR) is 101 cm³/mol. The summed E-state index contributed by atoms with van der Waals surface area (Å²) in [7, 11) is -1.57. The van der Waals surface area contributed by atoms with Crippen molar-refractivity contribution in [3.8, 4) is 0 Å². The number of rotatable bonds is 6. The maximum absolute atomic E-state index is 12.1. The molecular formula is C19H27NO6S. The summed E-state index contributed by atoms with van der Waals surface area (Å²) in [5.41, 5.74) is 2.02. The molecule has 2 unspecified atom stereocenters. The van der Waals surface area contributed by atoms with E-state index in [0.717, 1.165) is 31.4 Å². The number of amides is 1. The van der Waals surface area contributed by atoms with Crippen LogP contribution in [0.1, 0.15) is 44.1 Å². The first-order valence-electron chi connectivity index (χ1n) is 9.20. The standard InChI is InChI=1S/C19H27NO6S/c1-13-18(24-2)26-19(21)20(13)16-8-4-14(5-9-16)15-6-10-17(11-7-15)25-12-27(3,22)23/h4-5,8-9,13,15,17-18H,6-7,10-12H2,1-3H3. The zero-order chi connectivity index (χ0) is 19.6. The fourth-order valence-corrected chi connectivity index (χ4v) is 4.26. The molecule has 2 aliphatic rings. The number of hydrogen-bond acceptors (Lipinski definition) is 6. The van der Waals surface area contributed by atoms with E-state index < -0.39 is 22.2 Å². The highest BCUT2D eigenvalue weighted by molar-refractivity contribution is 7.90. The molecule has 150 valence electrons. The van der Waals surface area contributed by atoms with Crippen molar-refractivity contribution < 1.29 is 27.4 Å². The van der Waals surface area contributed by atoms with Crippen LogP contribution in [0.5, 0.6) is 0 Å². The Kier molecular flexibility index (Phi) is 6.08. The average molecular weight is 397 g/mol. The molecular weight excluding hydrogens is 370 g/mol. The Hall–Kier alpha value is -1.64. The Labute approximate surface area is 160 Å². The zero-order valence-corrected chi connectivity index (χ0v) is 16.8. The summed E-state index contributed by atoms with van der Waals surface area (Å²) in [5.74, 6) is 0.218. The molecule has 1 saturated heterocycles. The molecule has 0 bridgehead atoms. The second-order valence-electron chi connectivity index (χ2n) is 7.37. The van der Waals surface area contributed by atoms with Gasteiger partial charge in [-0.2, -0.15) is 0 Å². The van der Waals surface area contributed by atoms with Crippen molar-refractivity contribution in [3.63, 3.8) is 0 Å². The summed E-state index contributed by atoms with van der Waals surface area (Å²) < 4.78 is 38.3.